The van der Waals surface area contributed by atoms with Crippen LogP contribution in [-0.2, 0) is 32.0 Å². The minimum Gasteiger partial charge on any atom is -0.508 e. The molecule has 3 aliphatic rings. The maximum Gasteiger partial charge on any atom is 0.311 e. The number of carbonyl (C=O) groups is 4. The molecular weight excluding hydrogens is 606 g/mol. The molecule has 4 atom stereocenters. The number of ether oxygens (including phenoxy) is 1. The van der Waals surface area contributed by atoms with Crippen molar-refractivity contribution < 1.29 is 44.3 Å². The number of likely N-dealkylation sites (N-methyl/N-ethyl adjacent to an activating group) is 1. The fraction of sp³-hybridized carbons (Fsp3) is 0.375. The van der Waals surface area contributed by atoms with E-state index in [2.05, 4.69) is 0 Å². The number of benzene rings is 2. The fourth-order valence-corrected chi connectivity index (χ4v) is 6.98. The van der Waals surface area contributed by atoms with Crippen LogP contribution in [0.15, 0.2) is 47.2 Å². The lowest BCUT2D eigenvalue weighted by molar-refractivity contribution is -0.153. The number of nitrogens with zero attached hydrogens (tertiary/aromatic N) is 2. The Morgan fingerprint density at radius 1 is 1.09 bits per heavy atom. The number of ketones is 2. The van der Waals surface area contributed by atoms with E-state index in [4.69, 9.17) is 22.1 Å². The minimum atomic E-state index is -2.73. The third-order valence-corrected chi connectivity index (χ3v) is 9.15. The zero-order valence-corrected chi connectivity index (χ0v) is 25.9. The van der Waals surface area contributed by atoms with Crippen molar-refractivity contribution in [3.05, 3.63) is 69.0 Å². The summed E-state index contributed by atoms with van der Waals surface area (Å²) >= 11 is 5.88. The predicted molar refractivity (Wildman–Crippen MR) is 164 cm³/mol. The number of primary amides is 1. The van der Waals surface area contributed by atoms with E-state index >= 15 is 0 Å². The number of esters is 1. The van der Waals surface area contributed by atoms with E-state index in [1.807, 2.05) is 0 Å². The van der Waals surface area contributed by atoms with Crippen LogP contribution in [0.1, 0.15) is 29.5 Å². The van der Waals surface area contributed by atoms with Gasteiger partial charge in [0.2, 0.25) is 5.78 Å². The second-order valence-corrected chi connectivity index (χ2v) is 12.5. The van der Waals surface area contributed by atoms with Gasteiger partial charge in [-0.1, -0.05) is 11.6 Å². The van der Waals surface area contributed by atoms with Crippen LogP contribution in [0, 0.1) is 11.8 Å². The first kappa shape index (κ1) is 32.0. The summed E-state index contributed by atoms with van der Waals surface area (Å²) < 4.78 is 5.35. The molecule has 0 unspecified atom stereocenters. The van der Waals surface area contributed by atoms with Crippen LogP contribution >= 0.6 is 11.6 Å². The van der Waals surface area contributed by atoms with E-state index in [1.54, 1.807) is 63.4 Å². The molecule has 1 fully saturated rings. The largest absolute Gasteiger partial charge is 0.508 e. The number of aliphatic hydroxyl groups excluding tert-OH is 2. The zero-order chi connectivity index (χ0) is 33.1. The highest BCUT2D eigenvalue weighted by atomic mass is 35.5. The first-order valence-corrected chi connectivity index (χ1v) is 14.6. The molecule has 0 radical (unpaired) electrons. The summed E-state index contributed by atoms with van der Waals surface area (Å²) in [4.78, 5) is 55.4. The molecule has 45 heavy (non-hydrogen) atoms. The summed E-state index contributed by atoms with van der Waals surface area (Å²) in [5.41, 5.74) is 2.93. The van der Waals surface area contributed by atoms with Gasteiger partial charge in [-0.15, -0.1) is 0 Å². The molecule has 0 saturated heterocycles. The van der Waals surface area contributed by atoms with Crippen LogP contribution in [0.25, 0.3) is 5.76 Å². The van der Waals surface area contributed by atoms with E-state index in [0.29, 0.717) is 27.6 Å². The van der Waals surface area contributed by atoms with Crippen LogP contribution < -0.4 is 15.4 Å². The summed E-state index contributed by atoms with van der Waals surface area (Å²) in [5, 5.41) is 46.4. The molecule has 2 aromatic rings. The molecule has 0 spiro atoms. The lowest BCUT2D eigenvalue weighted by atomic mass is 9.57. The SMILES string of the molecule is CN(C)c1cc(CCC(=O)Oc2ccc(Cl)cc2)c(O)c2c1C[C@@H]1C[C@@H]3[C@@H](N(C)C)C(=O)C(C(N)=O)=C(O)[C@]3(O)C(=O)C1=C2O. The number of anilines is 1. The Hall–Kier alpha value is -4.39. The minimum absolute atomic E-state index is 0.0162. The standard InChI is InChI=1S/C32H34ClN3O9/c1-35(2)20-13-14(5-10-21(37)45-17-8-6-16(33)7-9-17)26(38)23-18(20)11-15-12-19-25(36(3)4)28(40)24(31(34)43)30(42)32(19,44)29(41)22(15)27(23)39/h6-9,13,15,19,25,38-39,42,44H,5,10-12H2,1-4H3,(H2,34,43)/t15-,19-,25-,32-/m1/s1. The monoisotopic (exact) mass is 639 g/mol. The average molecular weight is 640 g/mol. The van der Waals surface area contributed by atoms with Gasteiger partial charge in [-0.25, -0.2) is 0 Å². The molecule has 6 N–H and O–H groups in total. The van der Waals surface area contributed by atoms with Gasteiger partial charge in [-0.2, -0.15) is 0 Å². The number of fused-ring (bicyclic) bond motifs is 3. The molecule has 2 aromatic carbocycles. The molecule has 12 nitrogen and oxygen atoms in total. The van der Waals surface area contributed by atoms with Crippen molar-refractivity contribution in [3.8, 4) is 11.5 Å². The van der Waals surface area contributed by atoms with E-state index in [-0.39, 0.29) is 42.6 Å². The Morgan fingerprint density at radius 2 is 1.73 bits per heavy atom. The first-order chi connectivity index (χ1) is 21.1. The third kappa shape index (κ3) is 5.12. The number of carbonyl (C=O) groups excluding carboxylic acids is 4. The van der Waals surface area contributed by atoms with Crippen LogP contribution in [0.2, 0.25) is 5.02 Å². The number of nitrogens with two attached hydrogens (primary N) is 1. The van der Waals surface area contributed by atoms with Crippen LogP contribution in [-0.4, -0.2) is 88.6 Å². The fourth-order valence-electron chi connectivity index (χ4n) is 6.86. The average Bonchev–Trinajstić information content (AvgIpc) is 2.95. The smallest absolute Gasteiger partial charge is 0.311 e. The van der Waals surface area contributed by atoms with Crippen LogP contribution in [0.4, 0.5) is 5.69 Å². The predicted octanol–water partition coefficient (Wildman–Crippen LogP) is 2.22. The maximum absolute atomic E-state index is 14.1. The molecular formula is C32H34ClN3O9. The number of phenols is 1. The van der Waals surface area contributed by atoms with E-state index in [1.165, 1.54) is 4.90 Å². The molecule has 238 valence electrons. The van der Waals surface area contributed by atoms with Crippen molar-refractivity contribution in [1.29, 1.82) is 0 Å². The van der Waals surface area contributed by atoms with Crippen LogP contribution in [0.3, 0.4) is 0 Å². The number of aryl methyl sites for hydroxylation is 1. The second kappa shape index (κ2) is 11.5. The van der Waals surface area contributed by atoms with Crippen molar-refractivity contribution in [1.82, 2.24) is 4.90 Å². The van der Waals surface area contributed by atoms with Gasteiger partial charge >= 0.3 is 5.97 Å². The number of Topliss-reactive ketones (excluding diaryl/α,β-unsaturated/α-hetero) is 2. The summed E-state index contributed by atoms with van der Waals surface area (Å²) in [6, 6.07) is 6.77. The van der Waals surface area contributed by atoms with Crippen molar-refractivity contribution in [2.24, 2.45) is 17.6 Å². The van der Waals surface area contributed by atoms with Gasteiger partial charge in [-0.3, -0.25) is 24.1 Å². The molecule has 13 heteroatoms. The third-order valence-electron chi connectivity index (χ3n) is 8.90. The molecule has 3 aliphatic carbocycles. The van der Waals surface area contributed by atoms with Gasteiger partial charge in [0, 0.05) is 36.3 Å². The topological polar surface area (TPSA) is 191 Å². The van der Waals surface area contributed by atoms with E-state index in [9.17, 15) is 39.6 Å². The highest BCUT2D eigenvalue weighted by Gasteiger charge is 2.64. The summed E-state index contributed by atoms with van der Waals surface area (Å²) in [5.74, 6) is -7.46. The number of rotatable bonds is 7. The second-order valence-electron chi connectivity index (χ2n) is 12.0. The Morgan fingerprint density at radius 3 is 2.31 bits per heavy atom. The lowest BCUT2D eigenvalue weighted by Gasteiger charge is -2.50. The van der Waals surface area contributed by atoms with Gasteiger partial charge in [0.15, 0.2) is 11.4 Å². The zero-order valence-electron chi connectivity index (χ0n) is 25.1. The molecule has 1 saturated carbocycles. The molecule has 0 heterocycles. The number of hydrogen-bond acceptors (Lipinski definition) is 11. The first-order valence-electron chi connectivity index (χ1n) is 14.3. The quantitative estimate of drug-likeness (QED) is 0.170. The summed E-state index contributed by atoms with van der Waals surface area (Å²) in [6.45, 7) is 0. The van der Waals surface area contributed by atoms with Gasteiger partial charge in [0.05, 0.1) is 18.0 Å². The van der Waals surface area contributed by atoms with Gasteiger partial charge in [-0.05, 0) is 80.7 Å². The Kier molecular flexibility index (Phi) is 8.19. The van der Waals surface area contributed by atoms with Gasteiger partial charge in [0.25, 0.3) is 5.91 Å². The summed E-state index contributed by atoms with van der Waals surface area (Å²) in [6.07, 6.45) is 0.0271. The number of aromatic hydroxyl groups is 1. The number of amides is 1. The number of halogens is 1. The number of aliphatic hydroxyl groups is 3. The molecule has 5 rings (SSSR count). The van der Waals surface area contributed by atoms with Crippen molar-refractivity contribution in [2.75, 3.05) is 33.1 Å². The Balaban J connectivity index is 1.57. The molecule has 0 aromatic heterocycles. The van der Waals surface area contributed by atoms with Crippen molar-refractivity contribution >= 4 is 46.5 Å². The number of phenolic OH excluding ortho intramolecular Hbond substituents is 1. The maximum atomic E-state index is 14.1. The van der Waals surface area contributed by atoms with Crippen molar-refractivity contribution in [2.45, 2.75) is 37.3 Å². The number of hydrogen-bond donors (Lipinski definition) is 5. The van der Waals surface area contributed by atoms with Crippen LogP contribution in [0.5, 0.6) is 11.5 Å². The van der Waals surface area contributed by atoms with Crippen molar-refractivity contribution in [3.63, 3.8) is 0 Å². The highest BCUT2D eigenvalue weighted by molar-refractivity contribution is 6.30. The van der Waals surface area contributed by atoms with Gasteiger partial charge in [0.1, 0.15) is 28.6 Å². The molecule has 0 bridgehead atoms. The Labute approximate surface area is 263 Å². The Bertz CT molecular complexity index is 1700. The van der Waals surface area contributed by atoms with E-state index in [0.717, 1.165) is 0 Å². The molecule has 0 aliphatic heterocycles. The van der Waals surface area contributed by atoms with Gasteiger partial charge < -0.3 is 35.8 Å². The highest BCUT2D eigenvalue weighted by Crippen LogP contribution is 2.54. The lowest BCUT2D eigenvalue weighted by Crippen LogP contribution is -2.65. The summed E-state index contributed by atoms with van der Waals surface area (Å²) in [7, 11) is 6.62. The normalized spacial score (nSPS) is 24.3. The van der Waals surface area contributed by atoms with E-state index < -0.39 is 64.0 Å². The molecule has 1 amide bonds.